The summed E-state index contributed by atoms with van der Waals surface area (Å²) in [5, 5.41) is 3.88. The number of methoxy groups -OCH3 is 1. The van der Waals surface area contributed by atoms with E-state index in [0.717, 1.165) is 16.2 Å². The molecular formula is C20H22N2O7. The van der Waals surface area contributed by atoms with Crippen LogP contribution in [0.1, 0.15) is 40.2 Å². The number of ether oxygens (including phenoxy) is 3. The van der Waals surface area contributed by atoms with Gasteiger partial charge in [-0.2, -0.15) is 0 Å². The van der Waals surface area contributed by atoms with Crippen molar-refractivity contribution in [1.82, 2.24) is 10.1 Å². The lowest BCUT2D eigenvalue weighted by molar-refractivity contribution is -0.143. The van der Waals surface area contributed by atoms with Gasteiger partial charge in [0.15, 0.2) is 18.1 Å². The molecule has 1 saturated heterocycles. The normalized spacial score (nSPS) is 13.5. The first-order chi connectivity index (χ1) is 13.9. The van der Waals surface area contributed by atoms with E-state index in [0.29, 0.717) is 36.6 Å². The molecule has 0 N–H and O–H groups in total. The summed E-state index contributed by atoms with van der Waals surface area (Å²) in [5.41, 5.74) is 1.78. The van der Waals surface area contributed by atoms with E-state index in [-0.39, 0.29) is 18.1 Å². The summed E-state index contributed by atoms with van der Waals surface area (Å²) in [6, 6.07) is 4.56. The number of esters is 1. The second-order valence-electron chi connectivity index (χ2n) is 6.58. The Bertz CT molecular complexity index is 915. The van der Waals surface area contributed by atoms with Crippen molar-refractivity contribution in [3.63, 3.8) is 0 Å². The van der Waals surface area contributed by atoms with Gasteiger partial charge in [0.05, 0.1) is 23.9 Å². The Morgan fingerprint density at radius 3 is 2.66 bits per heavy atom. The smallest absolute Gasteiger partial charge is 0.338 e. The summed E-state index contributed by atoms with van der Waals surface area (Å²) in [5.74, 6) is -0.0156. The summed E-state index contributed by atoms with van der Waals surface area (Å²) >= 11 is 0. The number of rotatable bonds is 7. The third-order valence-electron chi connectivity index (χ3n) is 4.65. The molecule has 1 aliphatic rings. The summed E-state index contributed by atoms with van der Waals surface area (Å²) in [6.07, 6.45) is 0.970. The molecule has 1 aromatic carbocycles. The highest BCUT2D eigenvalue weighted by molar-refractivity contribution is 5.98. The van der Waals surface area contributed by atoms with Crippen molar-refractivity contribution in [2.45, 2.75) is 33.3 Å². The van der Waals surface area contributed by atoms with Gasteiger partial charge in [0.2, 0.25) is 5.91 Å². The maximum atomic E-state index is 12.3. The molecule has 3 rings (SSSR count). The van der Waals surface area contributed by atoms with Crippen molar-refractivity contribution in [1.29, 1.82) is 0 Å². The van der Waals surface area contributed by atoms with Crippen molar-refractivity contribution >= 4 is 17.8 Å². The highest BCUT2D eigenvalue weighted by Crippen LogP contribution is 2.29. The van der Waals surface area contributed by atoms with Crippen LogP contribution >= 0.6 is 0 Å². The zero-order valence-electron chi connectivity index (χ0n) is 16.5. The van der Waals surface area contributed by atoms with E-state index in [2.05, 4.69) is 5.16 Å². The average molecular weight is 402 g/mol. The van der Waals surface area contributed by atoms with E-state index in [1.165, 1.54) is 19.2 Å². The van der Waals surface area contributed by atoms with Crippen molar-refractivity contribution in [3.8, 4) is 11.5 Å². The van der Waals surface area contributed by atoms with Gasteiger partial charge in [-0.05, 0) is 38.5 Å². The molecule has 0 saturated carbocycles. The van der Waals surface area contributed by atoms with Crippen LogP contribution in [0.3, 0.4) is 0 Å². The number of aromatic nitrogens is 1. The molecule has 1 aromatic heterocycles. The zero-order chi connectivity index (χ0) is 21.0. The number of imide groups is 1. The molecule has 154 valence electrons. The van der Waals surface area contributed by atoms with E-state index in [4.69, 9.17) is 18.7 Å². The van der Waals surface area contributed by atoms with Gasteiger partial charge in [-0.1, -0.05) is 5.16 Å². The minimum absolute atomic E-state index is 0.201. The molecule has 0 spiro atoms. The molecule has 0 radical (unpaired) electrons. The molecule has 1 aliphatic heterocycles. The number of nitrogens with zero attached hydrogens (tertiary/aromatic N) is 2. The molecule has 0 bridgehead atoms. The highest BCUT2D eigenvalue weighted by Gasteiger charge is 2.27. The van der Waals surface area contributed by atoms with Gasteiger partial charge in [0.1, 0.15) is 12.4 Å². The fourth-order valence-corrected chi connectivity index (χ4v) is 2.97. The van der Waals surface area contributed by atoms with Crippen LogP contribution in [0.15, 0.2) is 22.7 Å². The average Bonchev–Trinajstić information content (AvgIpc) is 3.29. The van der Waals surface area contributed by atoms with E-state index < -0.39 is 18.5 Å². The number of carbonyl (C=O) groups is 3. The van der Waals surface area contributed by atoms with Gasteiger partial charge in [-0.3, -0.25) is 14.5 Å². The molecule has 0 atom stereocenters. The first-order valence-corrected chi connectivity index (χ1v) is 9.13. The van der Waals surface area contributed by atoms with Crippen LogP contribution in [-0.4, -0.2) is 48.1 Å². The second-order valence-corrected chi connectivity index (χ2v) is 6.58. The molecule has 2 aromatic rings. The number of hydrogen-bond acceptors (Lipinski definition) is 8. The minimum Gasteiger partial charge on any atom is -0.493 e. The Labute approximate surface area is 167 Å². The standard InChI is InChI=1S/C20H22N2O7/c1-12-15(13(2)29-21-12)10-27-16-7-6-14(9-17(16)26-3)20(25)28-11-19(24)22-8-4-5-18(22)23/h6-7,9H,4-5,8,10-11H2,1-3H3. The number of hydrogen-bond donors (Lipinski definition) is 0. The molecule has 1 fully saturated rings. The molecule has 9 heteroatoms. The fourth-order valence-electron chi connectivity index (χ4n) is 2.97. The first-order valence-electron chi connectivity index (χ1n) is 9.13. The van der Waals surface area contributed by atoms with Gasteiger partial charge in [0, 0.05) is 13.0 Å². The van der Waals surface area contributed by atoms with Crippen LogP contribution in [0.5, 0.6) is 11.5 Å². The lowest BCUT2D eigenvalue weighted by Gasteiger charge is -2.14. The Kier molecular flexibility index (Phi) is 6.16. The molecule has 9 nitrogen and oxygen atoms in total. The molecular weight excluding hydrogens is 380 g/mol. The van der Waals surface area contributed by atoms with Crippen LogP contribution in [0.4, 0.5) is 0 Å². The Morgan fingerprint density at radius 2 is 2.03 bits per heavy atom. The second kappa shape index (κ2) is 8.76. The minimum atomic E-state index is -0.694. The van der Waals surface area contributed by atoms with Crippen LogP contribution in [0.2, 0.25) is 0 Å². The lowest BCUT2D eigenvalue weighted by Crippen LogP contribution is -2.35. The number of carbonyl (C=O) groups excluding carboxylic acids is 3. The number of likely N-dealkylation sites (tertiary alicyclic amines) is 1. The van der Waals surface area contributed by atoms with Crippen molar-refractivity contribution < 1.29 is 33.1 Å². The van der Waals surface area contributed by atoms with Gasteiger partial charge < -0.3 is 18.7 Å². The quantitative estimate of drug-likeness (QED) is 0.649. The summed E-state index contributed by atoms with van der Waals surface area (Å²) in [7, 11) is 1.45. The van der Waals surface area contributed by atoms with E-state index >= 15 is 0 Å². The predicted molar refractivity (Wildman–Crippen MR) is 99.5 cm³/mol. The Hall–Kier alpha value is -3.36. The van der Waals surface area contributed by atoms with Crippen LogP contribution in [0, 0.1) is 13.8 Å². The molecule has 0 aliphatic carbocycles. The Morgan fingerprint density at radius 1 is 1.24 bits per heavy atom. The summed E-state index contributed by atoms with van der Waals surface area (Å²) in [6.45, 7) is 3.73. The molecule has 29 heavy (non-hydrogen) atoms. The topological polar surface area (TPSA) is 108 Å². The van der Waals surface area contributed by atoms with Crippen molar-refractivity contribution in [2.24, 2.45) is 0 Å². The van der Waals surface area contributed by atoms with Crippen molar-refractivity contribution in [2.75, 3.05) is 20.3 Å². The van der Waals surface area contributed by atoms with Crippen molar-refractivity contribution in [3.05, 3.63) is 40.8 Å². The van der Waals surface area contributed by atoms with E-state index in [1.807, 2.05) is 6.92 Å². The van der Waals surface area contributed by atoms with Gasteiger partial charge >= 0.3 is 5.97 Å². The first kappa shape index (κ1) is 20.4. The number of amides is 2. The maximum Gasteiger partial charge on any atom is 0.338 e. The SMILES string of the molecule is COc1cc(C(=O)OCC(=O)N2CCCC2=O)ccc1OCc1c(C)noc1C. The molecule has 2 amide bonds. The maximum absolute atomic E-state index is 12.3. The largest absolute Gasteiger partial charge is 0.493 e. The predicted octanol–water partition coefficient (Wildman–Crippen LogP) is 2.18. The van der Waals surface area contributed by atoms with Gasteiger partial charge in [-0.25, -0.2) is 4.79 Å². The summed E-state index contributed by atoms with van der Waals surface area (Å²) in [4.78, 5) is 36.9. The van der Waals surface area contributed by atoms with Crippen LogP contribution in [0.25, 0.3) is 0 Å². The van der Waals surface area contributed by atoms with Gasteiger partial charge in [-0.15, -0.1) is 0 Å². The van der Waals surface area contributed by atoms with E-state index in [9.17, 15) is 14.4 Å². The van der Waals surface area contributed by atoms with Crippen LogP contribution < -0.4 is 9.47 Å². The monoisotopic (exact) mass is 402 g/mol. The molecule has 0 unspecified atom stereocenters. The van der Waals surface area contributed by atoms with Crippen LogP contribution in [-0.2, 0) is 20.9 Å². The third-order valence-corrected chi connectivity index (χ3v) is 4.65. The highest BCUT2D eigenvalue weighted by atomic mass is 16.5. The zero-order valence-corrected chi connectivity index (χ0v) is 16.5. The van der Waals surface area contributed by atoms with Gasteiger partial charge in [0.25, 0.3) is 5.91 Å². The summed E-state index contributed by atoms with van der Waals surface area (Å²) < 4.78 is 21.2. The fraction of sp³-hybridized carbons (Fsp3) is 0.400. The number of aryl methyl sites for hydroxylation is 2. The molecule has 2 heterocycles. The number of benzene rings is 1. The van der Waals surface area contributed by atoms with E-state index in [1.54, 1.807) is 13.0 Å². The lowest BCUT2D eigenvalue weighted by atomic mass is 10.2. The Balaban J connectivity index is 1.62. The third kappa shape index (κ3) is 4.56.